The molecule has 1 aromatic heterocycles. The van der Waals surface area contributed by atoms with Crippen molar-refractivity contribution in [2.75, 3.05) is 23.3 Å². The largest absolute Gasteiger partial charge is 0.495 e. The molecule has 0 saturated carbocycles. The van der Waals surface area contributed by atoms with Crippen LogP contribution in [-0.2, 0) is 14.8 Å². The van der Waals surface area contributed by atoms with Gasteiger partial charge < -0.3 is 10.1 Å². The van der Waals surface area contributed by atoms with E-state index in [0.717, 1.165) is 22.1 Å². The number of methoxy groups -OCH3 is 1. The molecular formula is C23H26N2O4S2. The Balaban J connectivity index is 1.87. The average Bonchev–Trinajstić information content (AvgIpc) is 3.33. The summed E-state index contributed by atoms with van der Waals surface area (Å²) in [6.45, 7) is 3.89. The summed E-state index contributed by atoms with van der Waals surface area (Å²) >= 11 is 1.10. The van der Waals surface area contributed by atoms with E-state index in [1.807, 2.05) is 24.3 Å². The highest BCUT2D eigenvalue weighted by Gasteiger charge is 2.30. The smallest absolute Gasteiger partial charge is 0.274 e. The molecule has 8 heteroatoms. The van der Waals surface area contributed by atoms with Gasteiger partial charge in [-0.2, -0.15) is 0 Å². The number of carbonyl (C=O) groups is 1. The zero-order valence-electron chi connectivity index (χ0n) is 17.7. The lowest BCUT2D eigenvalue weighted by atomic mass is 9.99. The van der Waals surface area contributed by atoms with Crippen LogP contribution in [0.5, 0.6) is 5.75 Å². The number of benzene rings is 2. The van der Waals surface area contributed by atoms with Crippen LogP contribution < -0.4 is 14.4 Å². The minimum Gasteiger partial charge on any atom is -0.495 e. The maximum atomic E-state index is 13.3. The Kier molecular flexibility index (Phi) is 7.35. The summed E-state index contributed by atoms with van der Waals surface area (Å²) in [6, 6.07) is 17.5. The molecule has 1 unspecified atom stereocenters. The van der Waals surface area contributed by atoms with E-state index >= 15 is 0 Å². The Hall–Kier alpha value is -2.84. The molecule has 0 aliphatic heterocycles. The van der Waals surface area contributed by atoms with E-state index in [4.69, 9.17) is 4.74 Å². The first-order valence-electron chi connectivity index (χ1n) is 9.96. The lowest BCUT2D eigenvalue weighted by molar-refractivity contribution is -0.114. The SMILES string of the molecule is CCC(C)c1ccc(NC(=O)CN(c2ccccc2OC)S(=O)(=O)c2cccs2)cc1. The molecule has 6 nitrogen and oxygen atoms in total. The molecule has 31 heavy (non-hydrogen) atoms. The zero-order chi connectivity index (χ0) is 22.4. The molecule has 0 saturated heterocycles. The predicted molar refractivity (Wildman–Crippen MR) is 126 cm³/mol. The van der Waals surface area contributed by atoms with Gasteiger partial charge >= 0.3 is 0 Å². The average molecular weight is 459 g/mol. The highest BCUT2D eigenvalue weighted by molar-refractivity contribution is 7.94. The molecular weight excluding hydrogens is 432 g/mol. The van der Waals surface area contributed by atoms with Gasteiger partial charge in [0.25, 0.3) is 10.0 Å². The van der Waals surface area contributed by atoms with Gasteiger partial charge in [0, 0.05) is 5.69 Å². The number of ether oxygens (including phenoxy) is 1. The first kappa shape index (κ1) is 22.8. The van der Waals surface area contributed by atoms with E-state index in [1.54, 1.807) is 35.7 Å². The standard InChI is InChI=1S/C23H26N2O4S2/c1-4-17(2)18-11-13-19(14-12-18)24-22(26)16-25(20-8-5-6-9-21(20)29-3)31(27,28)23-10-7-15-30-23/h5-15,17H,4,16H2,1-3H3,(H,24,26). The van der Waals surface area contributed by atoms with Crippen LogP contribution in [0.15, 0.2) is 70.3 Å². The maximum Gasteiger partial charge on any atom is 0.274 e. The van der Waals surface area contributed by atoms with E-state index in [2.05, 4.69) is 19.2 Å². The van der Waals surface area contributed by atoms with E-state index in [0.29, 0.717) is 23.0 Å². The van der Waals surface area contributed by atoms with E-state index < -0.39 is 15.9 Å². The van der Waals surface area contributed by atoms with Gasteiger partial charge in [-0.15, -0.1) is 11.3 Å². The first-order chi connectivity index (χ1) is 14.9. The number of hydrogen-bond acceptors (Lipinski definition) is 5. The Morgan fingerprint density at radius 2 is 1.81 bits per heavy atom. The van der Waals surface area contributed by atoms with Crippen molar-refractivity contribution in [2.45, 2.75) is 30.4 Å². The minimum atomic E-state index is -3.94. The first-order valence-corrected chi connectivity index (χ1v) is 12.3. The Morgan fingerprint density at radius 1 is 1.10 bits per heavy atom. The fraction of sp³-hybridized carbons (Fsp3) is 0.261. The van der Waals surface area contributed by atoms with Crippen molar-refractivity contribution in [1.82, 2.24) is 0 Å². The molecule has 1 heterocycles. The molecule has 3 aromatic rings. The van der Waals surface area contributed by atoms with E-state index in [1.165, 1.54) is 18.7 Å². The number of thiophene rings is 1. The second kappa shape index (κ2) is 9.98. The zero-order valence-corrected chi connectivity index (χ0v) is 19.4. The van der Waals surface area contributed by atoms with Crippen molar-refractivity contribution in [1.29, 1.82) is 0 Å². The molecule has 0 spiro atoms. The molecule has 0 aliphatic carbocycles. The van der Waals surface area contributed by atoms with Crippen LogP contribution in [0, 0.1) is 0 Å². The maximum absolute atomic E-state index is 13.3. The van der Waals surface area contributed by atoms with Gasteiger partial charge in [0.1, 0.15) is 16.5 Å². The van der Waals surface area contributed by atoms with Gasteiger partial charge in [-0.25, -0.2) is 8.42 Å². The molecule has 2 aromatic carbocycles. The van der Waals surface area contributed by atoms with Gasteiger partial charge in [-0.1, -0.05) is 44.2 Å². The predicted octanol–water partition coefficient (Wildman–Crippen LogP) is 5.10. The molecule has 0 fully saturated rings. The van der Waals surface area contributed by atoms with Crippen molar-refractivity contribution in [3.63, 3.8) is 0 Å². The van der Waals surface area contributed by atoms with Crippen LogP contribution in [0.2, 0.25) is 0 Å². The summed E-state index contributed by atoms with van der Waals surface area (Å²) < 4.78 is 33.2. The van der Waals surface area contributed by atoms with Gasteiger partial charge in [0.05, 0.1) is 12.8 Å². The van der Waals surface area contributed by atoms with Crippen LogP contribution in [0.1, 0.15) is 31.7 Å². The summed E-state index contributed by atoms with van der Waals surface area (Å²) in [5.74, 6) is 0.359. The van der Waals surface area contributed by atoms with Crippen molar-refractivity contribution in [3.05, 3.63) is 71.6 Å². The highest BCUT2D eigenvalue weighted by Crippen LogP contribution is 2.33. The lowest BCUT2D eigenvalue weighted by Gasteiger charge is -2.25. The van der Waals surface area contributed by atoms with Gasteiger partial charge in [-0.3, -0.25) is 9.10 Å². The number of para-hydroxylation sites is 2. The molecule has 0 bridgehead atoms. The topological polar surface area (TPSA) is 75.7 Å². The number of hydrogen-bond donors (Lipinski definition) is 1. The number of amides is 1. The summed E-state index contributed by atoms with van der Waals surface area (Å²) in [4.78, 5) is 12.8. The quantitative estimate of drug-likeness (QED) is 0.484. The number of rotatable bonds is 9. The van der Waals surface area contributed by atoms with Crippen molar-refractivity contribution >= 4 is 38.6 Å². The molecule has 1 N–H and O–H groups in total. The van der Waals surface area contributed by atoms with Gasteiger partial charge in [-0.05, 0) is 53.6 Å². The highest BCUT2D eigenvalue weighted by atomic mass is 32.2. The Morgan fingerprint density at radius 3 is 2.42 bits per heavy atom. The van der Waals surface area contributed by atoms with Crippen LogP contribution in [0.3, 0.4) is 0 Å². The lowest BCUT2D eigenvalue weighted by Crippen LogP contribution is -2.38. The van der Waals surface area contributed by atoms with Crippen molar-refractivity contribution < 1.29 is 17.9 Å². The fourth-order valence-electron chi connectivity index (χ4n) is 3.12. The van der Waals surface area contributed by atoms with Crippen LogP contribution in [0.25, 0.3) is 0 Å². The molecule has 0 aliphatic rings. The summed E-state index contributed by atoms with van der Waals surface area (Å²) in [5, 5.41) is 4.49. The van der Waals surface area contributed by atoms with Crippen LogP contribution in [0.4, 0.5) is 11.4 Å². The van der Waals surface area contributed by atoms with E-state index in [-0.39, 0.29) is 10.8 Å². The molecule has 1 amide bonds. The third-order valence-corrected chi connectivity index (χ3v) is 8.19. The molecule has 1 atom stereocenters. The molecule has 164 valence electrons. The third-order valence-electron chi connectivity index (χ3n) is 5.06. The minimum absolute atomic E-state index is 0.157. The number of nitrogens with zero attached hydrogens (tertiary/aromatic N) is 1. The van der Waals surface area contributed by atoms with Gasteiger partial charge in [0.15, 0.2) is 0 Å². The molecule has 3 rings (SSSR count). The van der Waals surface area contributed by atoms with Crippen LogP contribution >= 0.6 is 11.3 Å². The number of carbonyl (C=O) groups excluding carboxylic acids is 1. The van der Waals surface area contributed by atoms with Crippen LogP contribution in [-0.4, -0.2) is 28.0 Å². The van der Waals surface area contributed by atoms with E-state index in [9.17, 15) is 13.2 Å². The fourth-order valence-corrected chi connectivity index (χ4v) is 5.65. The monoisotopic (exact) mass is 458 g/mol. The number of sulfonamides is 1. The number of anilines is 2. The summed E-state index contributed by atoms with van der Waals surface area (Å²) in [7, 11) is -2.48. The Bertz CT molecular complexity index is 1110. The normalized spacial score (nSPS) is 12.2. The van der Waals surface area contributed by atoms with Gasteiger partial charge in [0.2, 0.25) is 5.91 Å². The summed E-state index contributed by atoms with van der Waals surface area (Å²) in [5.41, 5.74) is 2.11. The third kappa shape index (κ3) is 5.26. The van der Waals surface area contributed by atoms with Crippen molar-refractivity contribution in [2.24, 2.45) is 0 Å². The molecule has 0 radical (unpaired) electrons. The number of nitrogens with one attached hydrogen (secondary N) is 1. The Labute approximate surface area is 187 Å². The van der Waals surface area contributed by atoms with Crippen molar-refractivity contribution in [3.8, 4) is 5.75 Å². The summed E-state index contributed by atoms with van der Waals surface area (Å²) in [6.07, 6.45) is 1.03. The second-order valence-corrected chi connectivity index (χ2v) is 10.1. The second-order valence-electron chi connectivity index (χ2n) is 7.10.